The van der Waals surface area contributed by atoms with Crippen molar-refractivity contribution in [2.75, 3.05) is 19.0 Å². The first-order valence-corrected chi connectivity index (χ1v) is 4.32. The van der Waals surface area contributed by atoms with E-state index in [1.54, 1.807) is 0 Å². The van der Waals surface area contributed by atoms with Gasteiger partial charge in [0.2, 0.25) is 0 Å². The fourth-order valence-corrected chi connectivity index (χ4v) is 1.19. The Morgan fingerprint density at radius 3 is 2.25 bits per heavy atom. The van der Waals surface area contributed by atoms with Gasteiger partial charge in [0, 0.05) is 26.3 Å². The second-order valence-electron chi connectivity index (χ2n) is 2.90. The fraction of sp³-hybridized carbons (Fsp3) is 0.333. The highest BCUT2D eigenvalue weighted by Crippen LogP contribution is 2.11. The fourth-order valence-electron chi connectivity index (χ4n) is 1.00. The van der Waals surface area contributed by atoms with Crippen LogP contribution in [0.25, 0.3) is 0 Å². The molecule has 0 aliphatic rings. The Balaban J connectivity index is 2.71. The highest BCUT2D eigenvalue weighted by molar-refractivity contribution is 7.78. The van der Waals surface area contributed by atoms with E-state index in [1.807, 2.05) is 14.1 Å². The molecular formula is C9H14N2S. The van der Waals surface area contributed by atoms with E-state index in [4.69, 9.17) is 0 Å². The Hall–Kier alpha value is -0.670. The number of benzene rings is 1. The lowest BCUT2D eigenvalue weighted by Crippen LogP contribution is -2.08. The number of rotatable bonds is 3. The van der Waals surface area contributed by atoms with E-state index < -0.39 is 0 Å². The zero-order chi connectivity index (χ0) is 8.97. The smallest absolute Gasteiger partial charge is 0.0361 e. The lowest BCUT2D eigenvalue weighted by molar-refractivity contribution is 0.983. The molecule has 0 atom stereocenters. The molecule has 0 aromatic heterocycles. The Labute approximate surface area is 79.1 Å². The number of anilines is 1. The van der Waals surface area contributed by atoms with Gasteiger partial charge in [-0.2, -0.15) is 0 Å². The molecule has 0 amide bonds. The third-order valence-corrected chi connectivity index (χ3v) is 1.89. The minimum atomic E-state index is 0.802. The highest BCUT2D eigenvalue weighted by Gasteiger charge is 1.94. The predicted octanol–water partition coefficient (Wildman–Crippen LogP) is 1.69. The highest BCUT2D eigenvalue weighted by atomic mass is 32.1. The molecule has 1 aromatic rings. The van der Waals surface area contributed by atoms with Crippen molar-refractivity contribution in [3.8, 4) is 0 Å². The topological polar surface area (TPSA) is 15.3 Å². The molecule has 0 aliphatic heterocycles. The van der Waals surface area contributed by atoms with Gasteiger partial charge in [-0.15, -0.1) is 0 Å². The van der Waals surface area contributed by atoms with E-state index >= 15 is 0 Å². The summed E-state index contributed by atoms with van der Waals surface area (Å²) in [5.74, 6) is 0. The molecule has 66 valence electrons. The summed E-state index contributed by atoms with van der Waals surface area (Å²) in [6, 6.07) is 8.39. The first kappa shape index (κ1) is 9.42. The molecule has 0 saturated carbocycles. The van der Waals surface area contributed by atoms with Crippen molar-refractivity contribution in [1.29, 1.82) is 0 Å². The maximum Gasteiger partial charge on any atom is 0.0361 e. The zero-order valence-electron chi connectivity index (χ0n) is 7.41. The Morgan fingerprint density at radius 2 is 1.83 bits per heavy atom. The second-order valence-corrected chi connectivity index (χ2v) is 3.21. The second kappa shape index (κ2) is 4.38. The molecule has 0 radical (unpaired) electrons. The number of hydrogen-bond donors (Lipinski definition) is 2. The van der Waals surface area contributed by atoms with Gasteiger partial charge in [-0.1, -0.05) is 24.9 Å². The summed E-state index contributed by atoms with van der Waals surface area (Å²) in [4.78, 5) is 2.08. The van der Waals surface area contributed by atoms with E-state index in [2.05, 4.69) is 46.7 Å². The Morgan fingerprint density at radius 1 is 1.25 bits per heavy atom. The zero-order valence-corrected chi connectivity index (χ0v) is 8.31. The Bertz CT molecular complexity index is 231. The molecule has 1 rings (SSSR count). The van der Waals surface area contributed by atoms with Crippen molar-refractivity contribution in [3.63, 3.8) is 0 Å². The minimum Gasteiger partial charge on any atom is -0.378 e. The van der Waals surface area contributed by atoms with Crippen molar-refractivity contribution >= 4 is 18.5 Å². The van der Waals surface area contributed by atoms with Gasteiger partial charge in [0.25, 0.3) is 0 Å². The maximum absolute atomic E-state index is 3.94. The van der Waals surface area contributed by atoms with E-state index in [-0.39, 0.29) is 0 Å². The summed E-state index contributed by atoms with van der Waals surface area (Å²) in [7, 11) is 4.07. The van der Waals surface area contributed by atoms with Crippen LogP contribution < -0.4 is 9.62 Å². The quantitative estimate of drug-likeness (QED) is 0.692. The van der Waals surface area contributed by atoms with Crippen LogP contribution >= 0.6 is 12.8 Å². The molecule has 0 unspecified atom stereocenters. The lowest BCUT2D eigenvalue weighted by Gasteiger charge is -2.12. The molecule has 1 aromatic carbocycles. The molecule has 0 fully saturated rings. The maximum atomic E-state index is 3.94. The van der Waals surface area contributed by atoms with Crippen LogP contribution in [0, 0.1) is 0 Å². The molecular weight excluding hydrogens is 168 g/mol. The number of hydrogen-bond acceptors (Lipinski definition) is 3. The SMILES string of the molecule is CN(C)c1ccc(CNS)cc1. The first-order chi connectivity index (χ1) is 5.74. The van der Waals surface area contributed by atoms with Crippen molar-refractivity contribution in [2.24, 2.45) is 0 Å². The van der Waals surface area contributed by atoms with Crippen LogP contribution in [0.15, 0.2) is 24.3 Å². The average Bonchev–Trinajstić information content (AvgIpc) is 2.06. The van der Waals surface area contributed by atoms with Gasteiger partial charge in [0.1, 0.15) is 0 Å². The molecule has 0 aliphatic carbocycles. The first-order valence-electron chi connectivity index (χ1n) is 3.87. The van der Waals surface area contributed by atoms with E-state index in [0.29, 0.717) is 0 Å². The van der Waals surface area contributed by atoms with Crippen LogP contribution in [-0.2, 0) is 6.54 Å². The number of nitrogens with one attached hydrogen (secondary N) is 1. The van der Waals surface area contributed by atoms with Crippen LogP contribution in [0.2, 0.25) is 0 Å². The van der Waals surface area contributed by atoms with Crippen LogP contribution in [0.5, 0.6) is 0 Å². The van der Waals surface area contributed by atoms with Gasteiger partial charge in [-0.25, -0.2) is 0 Å². The largest absolute Gasteiger partial charge is 0.378 e. The summed E-state index contributed by atoms with van der Waals surface area (Å²) in [6.45, 7) is 0.802. The normalized spacial score (nSPS) is 9.92. The molecule has 1 N–H and O–H groups in total. The molecule has 0 spiro atoms. The van der Waals surface area contributed by atoms with E-state index in [9.17, 15) is 0 Å². The molecule has 0 saturated heterocycles. The van der Waals surface area contributed by atoms with Gasteiger partial charge >= 0.3 is 0 Å². The summed E-state index contributed by atoms with van der Waals surface area (Å²) in [6.07, 6.45) is 0. The van der Waals surface area contributed by atoms with Gasteiger partial charge < -0.3 is 4.90 Å². The van der Waals surface area contributed by atoms with Crippen molar-refractivity contribution < 1.29 is 0 Å². The van der Waals surface area contributed by atoms with Gasteiger partial charge in [-0.3, -0.25) is 4.72 Å². The standard InChI is InChI=1S/C9H14N2S/c1-11(2)9-5-3-8(4-6-9)7-10-12/h3-6,10,12H,7H2,1-2H3. The summed E-state index contributed by atoms with van der Waals surface area (Å²) < 4.78 is 2.81. The van der Waals surface area contributed by atoms with Gasteiger partial charge in [0.15, 0.2) is 0 Å². The molecule has 3 heteroatoms. The number of thiol groups is 1. The van der Waals surface area contributed by atoms with E-state index in [0.717, 1.165) is 6.54 Å². The average molecular weight is 182 g/mol. The monoisotopic (exact) mass is 182 g/mol. The van der Waals surface area contributed by atoms with Crippen LogP contribution in [0.3, 0.4) is 0 Å². The summed E-state index contributed by atoms with van der Waals surface area (Å²) in [5.41, 5.74) is 2.47. The van der Waals surface area contributed by atoms with Gasteiger partial charge in [0.05, 0.1) is 0 Å². The van der Waals surface area contributed by atoms with Gasteiger partial charge in [-0.05, 0) is 17.7 Å². The van der Waals surface area contributed by atoms with Crippen molar-refractivity contribution in [1.82, 2.24) is 4.72 Å². The molecule has 0 bridgehead atoms. The Kier molecular flexibility index (Phi) is 3.44. The summed E-state index contributed by atoms with van der Waals surface area (Å²) >= 11 is 3.94. The lowest BCUT2D eigenvalue weighted by atomic mass is 10.2. The van der Waals surface area contributed by atoms with Crippen molar-refractivity contribution in [2.45, 2.75) is 6.54 Å². The molecule has 12 heavy (non-hydrogen) atoms. The van der Waals surface area contributed by atoms with Crippen LogP contribution in [0.1, 0.15) is 5.56 Å². The van der Waals surface area contributed by atoms with Crippen LogP contribution in [0.4, 0.5) is 5.69 Å². The number of nitrogens with zero attached hydrogens (tertiary/aromatic N) is 1. The summed E-state index contributed by atoms with van der Waals surface area (Å²) in [5, 5.41) is 0. The third kappa shape index (κ3) is 2.43. The predicted molar refractivity (Wildman–Crippen MR) is 56.6 cm³/mol. The molecule has 0 heterocycles. The minimum absolute atomic E-state index is 0.802. The van der Waals surface area contributed by atoms with E-state index in [1.165, 1.54) is 11.3 Å². The third-order valence-electron chi connectivity index (χ3n) is 1.74. The van der Waals surface area contributed by atoms with Crippen LogP contribution in [-0.4, -0.2) is 14.1 Å². The molecule has 2 nitrogen and oxygen atoms in total. The van der Waals surface area contributed by atoms with Crippen molar-refractivity contribution in [3.05, 3.63) is 29.8 Å².